The summed E-state index contributed by atoms with van der Waals surface area (Å²) in [5, 5.41) is 3.15. The summed E-state index contributed by atoms with van der Waals surface area (Å²) in [6.07, 6.45) is -0.348. The molecule has 0 unspecified atom stereocenters. The van der Waals surface area contributed by atoms with Crippen LogP contribution >= 0.6 is 0 Å². The lowest BCUT2D eigenvalue weighted by Gasteiger charge is -2.21. The molecule has 2 N–H and O–H groups in total. The Hall–Kier alpha value is -1.75. The van der Waals surface area contributed by atoms with Crippen LogP contribution in [0.2, 0.25) is 0 Å². The molecular weight excluding hydrogens is 200 g/mol. The van der Waals surface area contributed by atoms with E-state index in [2.05, 4.69) is 10.0 Å². The lowest BCUT2D eigenvalue weighted by Crippen LogP contribution is -2.33. The molecule has 0 saturated heterocycles. The summed E-state index contributed by atoms with van der Waals surface area (Å²) in [4.78, 5) is 24.4. The fourth-order valence-electron chi connectivity index (χ4n) is 0.794. The molecule has 0 bridgehead atoms. The predicted octanol–water partition coefficient (Wildman–Crippen LogP) is 1.62. The molecule has 0 rings (SSSR count). The quantitative estimate of drug-likeness (QED) is 0.335. The molecule has 0 radical (unpaired) electrons. The van der Waals surface area contributed by atoms with Crippen LogP contribution < -0.4 is 5.73 Å². The second-order valence-corrected chi connectivity index (χ2v) is 3.92. The first-order valence-corrected chi connectivity index (χ1v) is 4.31. The van der Waals surface area contributed by atoms with Gasteiger partial charge in [0.2, 0.25) is 5.91 Å². The minimum Gasteiger partial charge on any atom is -0.460 e. The summed E-state index contributed by atoms with van der Waals surface area (Å²) in [6.45, 7) is 5.01. The van der Waals surface area contributed by atoms with Crippen molar-refractivity contribution in [1.29, 1.82) is 0 Å². The van der Waals surface area contributed by atoms with Crippen LogP contribution in [0, 0.1) is 0 Å². The third-order valence-corrected chi connectivity index (χ3v) is 1.26. The lowest BCUT2D eigenvalue weighted by atomic mass is 10.1. The first-order valence-electron chi connectivity index (χ1n) is 4.31. The number of hydrogen-bond acceptors (Lipinski definition) is 4. The van der Waals surface area contributed by atoms with Gasteiger partial charge in [-0.3, -0.25) is 9.59 Å². The van der Waals surface area contributed by atoms with E-state index in [0.29, 0.717) is 0 Å². The van der Waals surface area contributed by atoms with E-state index in [-0.39, 0.29) is 10.7 Å². The molecule has 0 aromatic heterocycles. The largest absolute Gasteiger partial charge is 0.460 e. The summed E-state index contributed by atoms with van der Waals surface area (Å²) in [5.41, 5.74) is 12.4. The summed E-state index contributed by atoms with van der Waals surface area (Å²) in [5.74, 6) is -1.47. The molecule has 0 aliphatic heterocycles. The molecule has 0 spiro atoms. The van der Waals surface area contributed by atoms with Crippen molar-refractivity contribution in [3.8, 4) is 0 Å². The number of carbonyl (C=O) groups excluding carboxylic acids is 2. The fraction of sp³-hybridized carbons (Fsp3) is 0.750. The number of rotatable bonds is 4. The SMILES string of the molecule is CC(C)(C)OC(=O)[C@H](CC(N)=O)N=[N+]=[N-].[HH].[HH].[HH]. The van der Waals surface area contributed by atoms with Crippen molar-refractivity contribution in [1.82, 2.24) is 0 Å². The second-order valence-electron chi connectivity index (χ2n) is 3.92. The van der Waals surface area contributed by atoms with Crippen molar-refractivity contribution in [3.05, 3.63) is 10.4 Å². The van der Waals surface area contributed by atoms with Gasteiger partial charge in [-0.1, -0.05) is 5.11 Å². The zero-order valence-electron chi connectivity index (χ0n) is 8.93. The van der Waals surface area contributed by atoms with Crippen molar-refractivity contribution in [3.63, 3.8) is 0 Å². The molecule has 15 heavy (non-hydrogen) atoms. The van der Waals surface area contributed by atoms with Gasteiger partial charge in [-0.2, -0.15) is 0 Å². The molecule has 1 atom stereocenters. The van der Waals surface area contributed by atoms with Gasteiger partial charge in [0.1, 0.15) is 11.6 Å². The maximum absolute atomic E-state index is 11.4. The number of carbonyl (C=O) groups is 2. The third kappa shape index (κ3) is 6.34. The Morgan fingerprint density at radius 3 is 2.47 bits per heavy atom. The van der Waals surface area contributed by atoms with Gasteiger partial charge >= 0.3 is 5.97 Å². The van der Waals surface area contributed by atoms with Crippen molar-refractivity contribution in [2.75, 3.05) is 0 Å². The van der Waals surface area contributed by atoms with Gasteiger partial charge in [-0.25, -0.2) is 0 Å². The number of ether oxygens (including phenoxy) is 1. The average Bonchev–Trinajstić information content (AvgIpc) is 1.99. The highest BCUT2D eigenvalue weighted by Gasteiger charge is 2.25. The van der Waals surface area contributed by atoms with Crippen LogP contribution in [0.3, 0.4) is 0 Å². The second kappa shape index (κ2) is 5.21. The van der Waals surface area contributed by atoms with Crippen LogP contribution in [-0.2, 0) is 14.3 Å². The Bertz CT molecular complexity index is 313. The van der Waals surface area contributed by atoms with Crippen molar-refractivity contribution >= 4 is 11.9 Å². The minimum atomic E-state index is -1.19. The Morgan fingerprint density at radius 2 is 2.13 bits per heavy atom. The fourth-order valence-corrected chi connectivity index (χ4v) is 0.794. The van der Waals surface area contributed by atoms with Gasteiger partial charge in [-0.05, 0) is 26.3 Å². The zero-order valence-corrected chi connectivity index (χ0v) is 8.93. The Labute approximate surface area is 91.7 Å². The van der Waals surface area contributed by atoms with Crippen LogP contribution in [0.4, 0.5) is 0 Å². The highest BCUT2D eigenvalue weighted by Crippen LogP contribution is 2.11. The molecule has 1 amide bonds. The normalized spacial score (nSPS) is 12.5. The molecule has 0 fully saturated rings. The van der Waals surface area contributed by atoms with Crippen LogP contribution in [-0.4, -0.2) is 23.5 Å². The van der Waals surface area contributed by atoms with Crippen molar-refractivity contribution in [2.24, 2.45) is 10.8 Å². The number of esters is 1. The predicted molar refractivity (Wildman–Crippen MR) is 58.9 cm³/mol. The van der Waals surface area contributed by atoms with Gasteiger partial charge in [0.25, 0.3) is 0 Å². The molecule has 0 aliphatic carbocycles. The highest BCUT2D eigenvalue weighted by atomic mass is 16.6. The van der Waals surface area contributed by atoms with Crippen molar-refractivity contribution in [2.45, 2.75) is 38.8 Å². The summed E-state index contributed by atoms with van der Waals surface area (Å²) < 4.78 is 4.94. The molecular formula is C8H20N4O3. The minimum absolute atomic E-state index is 0. The van der Waals surface area contributed by atoms with Crippen LogP contribution in [0.25, 0.3) is 10.4 Å². The van der Waals surface area contributed by atoms with Gasteiger partial charge in [-0.15, -0.1) is 0 Å². The smallest absolute Gasteiger partial charge is 0.315 e. The molecule has 7 heteroatoms. The van der Waals surface area contributed by atoms with Gasteiger partial charge in [0.05, 0.1) is 0 Å². The molecule has 0 saturated carbocycles. The average molecular weight is 220 g/mol. The number of amides is 1. The summed E-state index contributed by atoms with van der Waals surface area (Å²) >= 11 is 0. The van der Waals surface area contributed by atoms with Crippen LogP contribution in [0.15, 0.2) is 5.11 Å². The van der Waals surface area contributed by atoms with E-state index in [1.165, 1.54) is 0 Å². The monoisotopic (exact) mass is 220 g/mol. The first kappa shape index (κ1) is 13.2. The topological polar surface area (TPSA) is 118 Å². The molecule has 0 heterocycles. The maximum Gasteiger partial charge on any atom is 0.315 e. The molecule has 90 valence electrons. The van der Waals surface area contributed by atoms with E-state index in [0.717, 1.165) is 0 Å². The molecule has 0 aromatic rings. The van der Waals surface area contributed by atoms with Gasteiger partial charge in [0, 0.05) is 15.6 Å². The van der Waals surface area contributed by atoms with Crippen molar-refractivity contribution < 1.29 is 18.6 Å². The van der Waals surface area contributed by atoms with Crippen LogP contribution in [0.1, 0.15) is 31.5 Å². The highest BCUT2D eigenvalue weighted by molar-refractivity contribution is 5.84. The van der Waals surface area contributed by atoms with E-state index < -0.39 is 23.5 Å². The van der Waals surface area contributed by atoms with Gasteiger partial charge in [0.15, 0.2) is 0 Å². The first-order chi connectivity index (χ1) is 6.76. The summed E-state index contributed by atoms with van der Waals surface area (Å²) in [7, 11) is 0. The number of hydrogen-bond donors (Lipinski definition) is 1. The van der Waals surface area contributed by atoms with E-state index in [4.69, 9.17) is 16.0 Å². The number of nitrogens with zero attached hydrogens (tertiary/aromatic N) is 3. The Kier molecular flexibility index (Phi) is 4.60. The van der Waals surface area contributed by atoms with E-state index in [9.17, 15) is 9.59 Å². The van der Waals surface area contributed by atoms with Gasteiger partial charge < -0.3 is 10.5 Å². The van der Waals surface area contributed by atoms with Crippen LogP contribution in [0.5, 0.6) is 0 Å². The van der Waals surface area contributed by atoms with E-state index in [1.807, 2.05) is 0 Å². The maximum atomic E-state index is 11.4. The molecule has 7 nitrogen and oxygen atoms in total. The third-order valence-electron chi connectivity index (χ3n) is 1.26. The zero-order chi connectivity index (χ0) is 12.1. The standard InChI is InChI=1S/C8H14N4O3.3H2/c1-8(2,3)15-7(14)5(11-12-10)4-6(9)13;;;/h5H,4H2,1-3H3,(H2,9,13);3*1H/t5-;;;/m0.../s1. The Balaban J connectivity index is -0.000000327. The van der Waals surface area contributed by atoms with E-state index >= 15 is 0 Å². The lowest BCUT2D eigenvalue weighted by molar-refractivity contribution is -0.157. The van der Waals surface area contributed by atoms with E-state index in [1.54, 1.807) is 20.8 Å². The number of nitrogens with two attached hydrogens (primary N) is 1. The number of primary amides is 1. The number of azide groups is 1. The Morgan fingerprint density at radius 1 is 1.60 bits per heavy atom. The molecule has 0 aliphatic rings. The molecule has 0 aromatic carbocycles. The summed E-state index contributed by atoms with van der Waals surface area (Å²) in [6, 6.07) is -1.19.